The molecule has 1 nitrogen and oxygen atoms in total. The van der Waals surface area contributed by atoms with E-state index in [1.54, 1.807) is 0 Å². The van der Waals surface area contributed by atoms with Gasteiger partial charge < -0.3 is 5.73 Å². The minimum atomic E-state index is -2.10. The van der Waals surface area contributed by atoms with Crippen LogP contribution in [0.5, 0.6) is 0 Å². The molecule has 2 heteroatoms. The lowest BCUT2D eigenvalue weighted by molar-refractivity contribution is -0.104. The third-order valence-electron chi connectivity index (χ3n) is 4.11. The largest absolute Gasteiger partial charge is 0.325 e. The molecule has 0 saturated heterocycles. The van der Waals surface area contributed by atoms with E-state index >= 15 is 0 Å². The lowest BCUT2D eigenvalue weighted by Crippen LogP contribution is -2.62. The molecule has 4 aliphatic rings. The molecule has 4 rings (SSSR count). The van der Waals surface area contributed by atoms with Crippen LogP contribution in [0.4, 0.5) is 0 Å². The lowest BCUT2D eigenvalue weighted by Gasteiger charge is -2.64. The Kier molecular flexibility index (Phi) is 1.06. The third kappa shape index (κ3) is 1.40. The average Bonchev–Trinajstić information content (AvgIpc) is 2.09. The van der Waals surface area contributed by atoms with Crippen LogP contribution >= 0.6 is 12.4 Å². The average molecular weight is 222 g/mol. The summed E-state index contributed by atoms with van der Waals surface area (Å²) in [5, 5.41) is 0. The summed E-state index contributed by atoms with van der Waals surface area (Å²) >= 11 is 0. The van der Waals surface area contributed by atoms with E-state index in [0.29, 0.717) is 32.1 Å². The standard InChI is InChI=1S/C12H21N.ClH/c1-10-3-9-4-11(2,6-10)8-12(13,5-9)7-10;/h9H,3-8,13H2,1-2H3;1H/i1D3,2D3;. The van der Waals surface area contributed by atoms with Gasteiger partial charge in [0.15, 0.2) is 0 Å². The molecule has 4 aliphatic carbocycles. The summed E-state index contributed by atoms with van der Waals surface area (Å²) in [7, 11) is 0. The molecule has 0 heterocycles. The quantitative estimate of drug-likeness (QED) is 0.669. The van der Waals surface area contributed by atoms with Gasteiger partial charge in [-0.3, -0.25) is 0 Å². The zero-order valence-electron chi connectivity index (χ0n) is 14.3. The molecule has 14 heavy (non-hydrogen) atoms. The predicted octanol–water partition coefficient (Wildman–Crippen LogP) is 3.12. The van der Waals surface area contributed by atoms with Crippen molar-refractivity contribution in [2.75, 3.05) is 0 Å². The maximum absolute atomic E-state index is 7.88. The minimum Gasteiger partial charge on any atom is -0.325 e. The Bertz CT molecular complexity index is 387. The summed E-state index contributed by atoms with van der Waals surface area (Å²) in [5.74, 6) is 0.169. The number of hydrogen-bond acceptors (Lipinski definition) is 1. The molecule has 0 aliphatic heterocycles. The van der Waals surface area contributed by atoms with Crippen LogP contribution < -0.4 is 5.73 Å². The molecule has 2 unspecified atom stereocenters. The van der Waals surface area contributed by atoms with Crippen molar-refractivity contribution in [3.05, 3.63) is 0 Å². The summed E-state index contributed by atoms with van der Waals surface area (Å²) in [4.78, 5) is 0. The highest BCUT2D eigenvalue weighted by atomic mass is 35.5. The minimum absolute atomic E-state index is 0. The van der Waals surface area contributed by atoms with Crippen LogP contribution in [0.25, 0.3) is 0 Å². The van der Waals surface area contributed by atoms with E-state index < -0.39 is 30.1 Å². The van der Waals surface area contributed by atoms with Gasteiger partial charge >= 0.3 is 0 Å². The molecule has 0 spiro atoms. The summed E-state index contributed by atoms with van der Waals surface area (Å²) in [6.07, 6.45) is 3.27. The summed E-state index contributed by atoms with van der Waals surface area (Å²) < 4.78 is 47.3. The first kappa shape index (κ1) is 5.54. The first-order valence-corrected chi connectivity index (χ1v) is 5.20. The number of rotatable bonds is 0. The summed E-state index contributed by atoms with van der Waals surface area (Å²) in [6, 6.07) is 0. The second-order valence-corrected chi connectivity index (χ2v) is 5.93. The van der Waals surface area contributed by atoms with Crippen molar-refractivity contribution in [3.63, 3.8) is 0 Å². The zero-order chi connectivity index (χ0) is 14.3. The van der Waals surface area contributed by atoms with E-state index in [2.05, 4.69) is 0 Å². The van der Waals surface area contributed by atoms with Gasteiger partial charge in [-0.05, 0) is 55.3 Å². The van der Waals surface area contributed by atoms with Gasteiger partial charge in [0.05, 0.1) is 0 Å². The molecular weight excluding hydrogens is 194 g/mol. The molecule has 2 N–H and O–H groups in total. The molecule has 2 atom stereocenters. The van der Waals surface area contributed by atoms with Gasteiger partial charge in [0.25, 0.3) is 0 Å². The van der Waals surface area contributed by atoms with Crippen LogP contribution in [0, 0.1) is 16.7 Å². The van der Waals surface area contributed by atoms with Crippen molar-refractivity contribution in [2.24, 2.45) is 22.5 Å². The summed E-state index contributed by atoms with van der Waals surface area (Å²) in [6.45, 7) is -4.21. The third-order valence-corrected chi connectivity index (χ3v) is 4.11. The van der Waals surface area contributed by atoms with Crippen LogP contribution in [0.15, 0.2) is 0 Å². The van der Waals surface area contributed by atoms with Crippen molar-refractivity contribution in [1.29, 1.82) is 0 Å². The van der Waals surface area contributed by atoms with Crippen LogP contribution in [-0.4, -0.2) is 5.54 Å². The van der Waals surface area contributed by atoms with Gasteiger partial charge in [0.2, 0.25) is 0 Å². The van der Waals surface area contributed by atoms with E-state index in [1.165, 1.54) is 0 Å². The number of halogens is 1. The smallest absolute Gasteiger partial charge is 0.0236 e. The van der Waals surface area contributed by atoms with E-state index in [0.717, 1.165) is 6.42 Å². The van der Waals surface area contributed by atoms with Crippen molar-refractivity contribution in [2.45, 2.75) is 57.8 Å². The van der Waals surface area contributed by atoms with Gasteiger partial charge in [0.1, 0.15) is 0 Å². The van der Waals surface area contributed by atoms with Crippen LogP contribution in [0.2, 0.25) is 0 Å². The van der Waals surface area contributed by atoms with E-state index in [4.69, 9.17) is 14.0 Å². The molecule has 0 amide bonds. The molecule has 82 valence electrons. The Hall–Kier alpha value is 0.250. The van der Waals surface area contributed by atoms with E-state index in [9.17, 15) is 0 Å². The van der Waals surface area contributed by atoms with Crippen molar-refractivity contribution < 1.29 is 8.22 Å². The van der Waals surface area contributed by atoms with Crippen molar-refractivity contribution >= 4 is 12.4 Å². The van der Waals surface area contributed by atoms with Gasteiger partial charge in [-0.15, -0.1) is 12.4 Å². The highest BCUT2D eigenvalue weighted by Crippen LogP contribution is 2.65. The van der Waals surface area contributed by atoms with Gasteiger partial charge in [0, 0.05) is 13.8 Å². The van der Waals surface area contributed by atoms with E-state index in [1.807, 2.05) is 0 Å². The first-order chi connectivity index (χ1) is 8.41. The predicted molar refractivity (Wildman–Crippen MR) is 61.6 cm³/mol. The maximum atomic E-state index is 7.88. The fourth-order valence-electron chi connectivity index (χ4n) is 4.51. The number of hydrogen-bond donors (Lipinski definition) is 1. The van der Waals surface area contributed by atoms with Crippen molar-refractivity contribution in [3.8, 4) is 0 Å². The fourth-order valence-corrected chi connectivity index (χ4v) is 4.51. The Labute approximate surface area is 102 Å². The highest BCUT2D eigenvalue weighted by molar-refractivity contribution is 5.85. The molecule has 0 aromatic rings. The van der Waals surface area contributed by atoms with Gasteiger partial charge in [-0.25, -0.2) is 0 Å². The Balaban J connectivity index is 0.00000147. The molecule has 4 saturated carbocycles. The number of nitrogens with two attached hydrogens (primary N) is 1. The summed E-state index contributed by atoms with van der Waals surface area (Å²) in [5.41, 5.74) is 4.07. The first-order valence-electron chi connectivity index (χ1n) is 8.20. The second kappa shape index (κ2) is 2.68. The van der Waals surface area contributed by atoms with Gasteiger partial charge in [-0.2, -0.15) is 0 Å². The Morgan fingerprint density at radius 1 is 1.07 bits per heavy atom. The topological polar surface area (TPSA) is 26.0 Å². The molecule has 4 bridgehead atoms. The second-order valence-electron chi connectivity index (χ2n) is 5.93. The monoisotopic (exact) mass is 221 g/mol. The zero-order valence-corrected chi connectivity index (χ0v) is 9.12. The molecule has 0 aromatic heterocycles. The molecule has 4 fully saturated rings. The fraction of sp³-hybridized carbons (Fsp3) is 1.00. The SMILES string of the molecule is Cl.[2H]C([2H])([2H])C12CC3CC(N)(C1)CC(C([2H])([2H])[2H])(C3)C2. The van der Waals surface area contributed by atoms with Crippen molar-refractivity contribution in [1.82, 2.24) is 0 Å². The highest BCUT2D eigenvalue weighted by Gasteiger charge is 2.58. The van der Waals surface area contributed by atoms with Gasteiger partial charge in [-0.1, -0.05) is 13.7 Å². The van der Waals surface area contributed by atoms with Crippen LogP contribution in [-0.2, 0) is 0 Å². The Morgan fingerprint density at radius 2 is 1.64 bits per heavy atom. The Morgan fingerprint density at radius 3 is 2.07 bits per heavy atom. The molecule has 0 aromatic carbocycles. The normalized spacial score (nSPS) is 67.9. The van der Waals surface area contributed by atoms with E-state index in [-0.39, 0.29) is 18.3 Å². The lowest BCUT2D eigenvalue weighted by atomic mass is 9.43. The van der Waals surface area contributed by atoms with Crippen LogP contribution in [0.3, 0.4) is 0 Å². The molecular formula is C12H22ClN. The maximum Gasteiger partial charge on any atom is 0.0236 e. The van der Waals surface area contributed by atoms with Crippen LogP contribution in [0.1, 0.15) is 60.5 Å². The molecule has 0 radical (unpaired) electrons.